The second kappa shape index (κ2) is 6.57. The Balaban J connectivity index is 3.05. The number of hydrogen-bond donors (Lipinski definition) is 2. The van der Waals surface area contributed by atoms with E-state index in [1.807, 2.05) is 0 Å². The third kappa shape index (κ3) is 4.48. The maximum absolute atomic E-state index is 12.6. The zero-order valence-electron chi connectivity index (χ0n) is 10.1. The molecule has 20 heavy (non-hydrogen) atoms. The lowest BCUT2D eigenvalue weighted by molar-refractivity contribution is -0.137. The summed E-state index contributed by atoms with van der Waals surface area (Å²) in [4.78, 5) is -0.504. The Bertz CT molecular complexity index is 600. The Hall–Kier alpha value is -1.09. The number of hydrogen-bond acceptors (Lipinski definition) is 3. The summed E-state index contributed by atoms with van der Waals surface area (Å²) in [6, 6.07) is 2.40. The van der Waals surface area contributed by atoms with Crippen LogP contribution in [0.15, 0.2) is 35.2 Å². The van der Waals surface area contributed by atoms with E-state index < -0.39 is 31.7 Å². The van der Waals surface area contributed by atoms with Crippen molar-refractivity contribution in [3.8, 4) is 0 Å². The molecule has 1 aromatic rings. The summed E-state index contributed by atoms with van der Waals surface area (Å²) >= 11 is 5.42. The van der Waals surface area contributed by atoms with Gasteiger partial charge >= 0.3 is 6.18 Å². The van der Waals surface area contributed by atoms with Gasteiger partial charge in [0.1, 0.15) is 0 Å². The van der Waals surface area contributed by atoms with E-state index in [-0.39, 0.29) is 13.1 Å². The van der Waals surface area contributed by atoms with E-state index in [4.69, 9.17) is 17.3 Å². The molecule has 0 radical (unpaired) electrons. The van der Waals surface area contributed by atoms with Gasteiger partial charge in [-0.15, -0.1) is 0 Å². The number of halogens is 4. The number of nitrogens with two attached hydrogens (primary N) is 1. The molecule has 3 N–H and O–H groups in total. The molecule has 0 aliphatic heterocycles. The van der Waals surface area contributed by atoms with Crippen molar-refractivity contribution in [2.75, 3.05) is 13.1 Å². The monoisotopic (exact) mass is 328 g/mol. The molecular weight excluding hydrogens is 317 g/mol. The number of rotatable bonds is 5. The van der Waals surface area contributed by atoms with Gasteiger partial charge in [-0.25, -0.2) is 13.1 Å². The third-order valence-corrected chi connectivity index (χ3v) is 4.00. The second-order valence-corrected chi connectivity index (χ2v) is 5.87. The van der Waals surface area contributed by atoms with Crippen LogP contribution in [0.4, 0.5) is 13.2 Å². The van der Waals surface area contributed by atoms with Gasteiger partial charge in [-0.3, -0.25) is 0 Å². The topological polar surface area (TPSA) is 72.2 Å². The van der Waals surface area contributed by atoms with Crippen molar-refractivity contribution in [3.63, 3.8) is 0 Å². The van der Waals surface area contributed by atoms with Crippen molar-refractivity contribution in [2.45, 2.75) is 11.1 Å². The molecule has 0 saturated heterocycles. The summed E-state index contributed by atoms with van der Waals surface area (Å²) in [6.07, 6.45) is -1.74. The van der Waals surface area contributed by atoms with Gasteiger partial charge in [0.2, 0.25) is 10.0 Å². The van der Waals surface area contributed by atoms with Crippen LogP contribution < -0.4 is 10.5 Å². The van der Waals surface area contributed by atoms with Crippen LogP contribution in [0.2, 0.25) is 5.02 Å². The number of benzene rings is 1. The highest BCUT2D eigenvalue weighted by Gasteiger charge is 2.34. The van der Waals surface area contributed by atoms with E-state index in [0.29, 0.717) is 6.07 Å². The van der Waals surface area contributed by atoms with Crippen LogP contribution in [0.3, 0.4) is 0 Å². The summed E-state index contributed by atoms with van der Waals surface area (Å²) in [7, 11) is -4.04. The SMILES string of the molecule is NC/C=C/CNS(=O)(=O)c1ccc(Cl)c(C(F)(F)F)c1. The van der Waals surface area contributed by atoms with Gasteiger partial charge < -0.3 is 5.73 Å². The lowest BCUT2D eigenvalue weighted by Crippen LogP contribution is -2.24. The first kappa shape index (κ1) is 17.0. The molecule has 0 spiro atoms. The van der Waals surface area contributed by atoms with Crippen molar-refractivity contribution in [2.24, 2.45) is 5.73 Å². The molecular formula is C11H12ClF3N2O2S. The molecule has 0 saturated carbocycles. The minimum atomic E-state index is -4.72. The van der Waals surface area contributed by atoms with E-state index >= 15 is 0 Å². The number of sulfonamides is 1. The lowest BCUT2D eigenvalue weighted by atomic mass is 10.2. The second-order valence-electron chi connectivity index (χ2n) is 3.70. The fraction of sp³-hybridized carbons (Fsp3) is 0.273. The first-order valence-electron chi connectivity index (χ1n) is 5.40. The fourth-order valence-electron chi connectivity index (χ4n) is 1.31. The van der Waals surface area contributed by atoms with E-state index in [1.165, 1.54) is 12.2 Å². The predicted molar refractivity (Wildman–Crippen MR) is 69.8 cm³/mol. The van der Waals surface area contributed by atoms with E-state index in [2.05, 4.69) is 4.72 Å². The molecule has 112 valence electrons. The molecule has 0 aliphatic carbocycles. The third-order valence-electron chi connectivity index (χ3n) is 2.25. The molecule has 1 rings (SSSR count). The highest BCUT2D eigenvalue weighted by Crippen LogP contribution is 2.35. The number of nitrogens with one attached hydrogen (secondary N) is 1. The highest BCUT2D eigenvalue weighted by molar-refractivity contribution is 7.89. The quantitative estimate of drug-likeness (QED) is 0.814. The van der Waals surface area contributed by atoms with Crippen LogP contribution in [-0.4, -0.2) is 21.5 Å². The zero-order valence-corrected chi connectivity index (χ0v) is 11.7. The summed E-state index contributed by atoms with van der Waals surface area (Å²) in [6.45, 7) is 0.171. The summed E-state index contributed by atoms with van der Waals surface area (Å²) in [5.41, 5.74) is 3.98. The summed E-state index contributed by atoms with van der Waals surface area (Å²) in [5.74, 6) is 0. The van der Waals surface area contributed by atoms with Crippen molar-refractivity contribution < 1.29 is 21.6 Å². The molecule has 0 atom stereocenters. The zero-order chi connectivity index (χ0) is 15.4. The Morgan fingerprint density at radius 3 is 2.50 bits per heavy atom. The van der Waals surface area contributed by atoms with Gasteiger partial charge in [0.05, 0.1) is 15.5 Å². The van der Waals surface area contributed by atoms with Crippen molar-refractivity contribution >= 4 is 21.6 Å². The fourth-order valence-corrected chi connectivity index (χ4v) is 2.54. The summed E-state index contributed by atoms with van der Waals surface area (Å²) in [5, 5.41) is -0.556. The van der Waals surface area contributed by atoms with Crippen molar-refractivity contribution in [3.05, 3.63) is 40.9 Å². The first-order chi connectivity index (χ1) is 9.18. The maximum atomic E-state index is 12.6. The van der Waals surface area contributed by atoms with E-state index in [9.17, 15) is 21.6 Å². The maximum Gasteiger partial charge on any atom is 0.417 e. The largest absolute Gasteiger partial charge is 0.417 e. The molecule has 0 bridgehead atoms. The number of alkyl halides is 3. The summed E-state index contributed by atoms with van der Waals surface area (Å²) < 4.78 is 63.7. The normalized spacial score (nSPS) is 13.1. The molecule has 0 amide bonds. The molecule has 0 heterocycles. The van der Waals surface area contributed by atoms with Gasteiger partial charge in [0.15, 0.2) is 0 Å². The minimum Gasteiger partial charge on any atom is -0.327 e. The predicted octanol–water partition coefficient (Wildman–Crippen LogP) is 2.15. The molecule has 0 fully saturated rings. The Kier molecular flexibility index (Phi) is 5.58. The van der Waals surface area contributed by atoms with Crippen LogP contribution in [0.1, 0.15) is 5.56 Å². The van der Waals surface area contributed by atoms with Gasteiger partial charge in [-0.05, 0) is 18.2 Å². The molecule has 0 aliphatic rings. The molecule has 0 unspecified atom stereocenters. The molecule has 0 aromatic heterocycles. The average Bonchev–Trinajstić information content (AvgIpc) is 2.33. The van der Waals surface area contributed by atoms with Gasteiger partial charge in [-0.1, -0.05) is 23.8 Å². The first-order valence-corrected chi connectivity index (χ1v) is 7.26. The van der Waals surface area contributed by atoms with Crippen LogP contribution in [0.5, 0.6) is 0 Å². The van der Waals surface area contributed by atoms with Crippen molar-refractivity contribution in [1.29, 1.82) is 0 Å². The molecule has 1 aromatic carbocycles. The van der Waals surface area contributed by atoms with Crippen LogP contribution >= 0.6 is 11.6 Å². The van der Waals surface area contributed by atoms with Gasteiger partial charge in [0.25, 0.3) is 0 Å². The standard InChI is InChI=1S/C11H12ClF3N2O2S/c12-10-4-3-8(7-9(10)11(13,14)15)20(18,19)17-6-2-1-5-16/h1-4,7,17H,5-6,16H2/b2-1+. The van der Waals surface area contributed by atoms with Gasteiger partial charge in [0, 0.05) is 13.1 Å². The van der Waals surface area contributed by atoms with Crippen LogP contribution in [0.25, 0.3) is 0 Å². The average molecular weight is 329 g/mol. The molecule has 9 heteroatoms. The Labute approximate surface area is 119 Å². The van der Waals surface area contributed by atoms with E-state index in [0.717, 1.165) is 12.1 Å². The Morgan fingerprint density at radius 2 is 1.95 bits per heavy atom. The Morgan fingerprint density at radius 1 is 1.30 bits per heavy atom. The lowest BCUT2D eigenvalue weighted by Gasteiger charge is -2.11. The van der Waals surface area contributed by atoms with Gasteiger partial charge in [-0.2, -0.15) is 13.2 Å². The molecule has 4 nitrogen and oxygen atoms in total. The van der Waals surface area contributed by atoms with Crippen LogP contribution in [-0.2, 0) is 16.2 Å². The van der Waals surface area contributed by atoms with Crippen LogP contribution in [0, 0.1) is 0 Å². The van der Waals surface area contributed by atoms with Crippen molar-refractivity contribution in [1.82, 2.24) is 4.72 Å². The highest BCUT2D eigenvalue weighted by atomic mass is 35.5. The van der Waals surface area contributed by atoms with E-state index in [1.54, 1.807) is 0 Å². The smallest absolute Gasteiger partial charge is 0.327 e. The minimum absolute atomic E-state index is 0.0660.